The lowest BCUT2D eigenvalue weighted by Crippen LogP contribution is -2.30. The molecule has 2 fully saturated rings. The second-order valence-electron chi connectivity index (χ2n) is 9.18. The molecule has 6 nitrogen and oxygen atoms in total. The molecule has 1 amide bonds. The lowest BCUT2D eigenvalue weighted by atomic mass is 10.00. The molecular weight excluding hydrogens is 442 g/mol. The number of carbonyl (C=O) groups excluding carboxylic acids is 1. The quantitative estimate of drug-likeness (QED) is 0.441. The minimum Gasteiger partial charge on any atom is -0.351 e. The van der Waals surface area contributed by atoms with Crippen LogP contribution in [0.3, 0.4) is 0 Å². The summed E-state index contributed by atoms with van der Waals surface area (Å²) in [4.78, 5) is 18.8. The van der Waals surface area contributed by atoms with E-state index in [-0.39, 0.29) is 18.0 Å². The Kier molecular flexibility index (Phi) is 6.37. The number of nitrogens with one attached hydrogen (secondary N) is 2. The van der Waals surface area contributed by atoms with Crippen molar-refractivity contribution in [2.24, 2.45) is 0 Å². The van der Waals surface area contributed by atoms with Gasteiger partial charge in [0.05, 0.1) is 11.7 Å². The smallest absolute Gasteiger partial charge is 0.224 e. The van der Waals surface area contributed by atoms with Crippen LogP contribution in [-0.4, -0.2) is 20.6 Å². The number of nitrogens with zero attached hydrogens (tertiary/aromatic N) is 3. The van der Waals surface area contributed by atoms with Crippen LogP contribution in [0.25, 0.3) is 0 Å². The zero-order chi connectivity index (χ0) is 23.7. The van der Waals surface area contributed by atoms with Crippen LogP contribution in [0.15, 0.2) is 60.9 Å². The number of benzene rings is 1. The summed E-state index contributed by atoms with van der Waals surface area (Å²) in [6.07, 6.45) is 9.49. The van der Waals surface area contributed by atoms with Gasteiger partial charge in [0.2, 0.25) is 5.91 Å². The SMILES string of the molecule is CCC(=O)Nc1ccc(N2C(=S)NC(c3ccccn3)C2c2cccn2C2CCCC2)cc1C. The van der Waals surface area contributed by atoms with Gasteiger partial charge in [0.15, 0.2) is 5.11 Å². The first-order valence-electron chi connectivity index (χ1n) is 12.1. The van der Waals surface area contributed by atoms with Crippen molar-refractivity contribution in [3.05, 3.63) is 77.9 Å². The number of thiocarbonyl (C=S) groups is 1. The summed E-state index contributed by atoms with van der Waals surface area (Å²) in [5, 5.41) is 7.24. The highest BCUT2D eigenvalue weighted by atomic mass is 32.1. The molecule has 5 rings (SSSR count). The van der Waals surface area contributed by atoms with Crippen molar-refractivity contribution in [1.82, 2.24) is 14.9 Å². The van der Waals surface area contributed by atoms with Gasteiger partial charge in [0, 0.05) is 41.9 Å². The molecule has 0 radical (unpaired) electrons. The Bertz CT molecular complexity index is 1180. The Morgan fingerprint density at radius 1 is 1.18 bits per heavy atom. The van der Waals surface area contributed by atoms with E-state index >= 15 is 0 Å². The molecule has 2 aliphatic rings. The van der Waals surface area contributed by atoms with E-state index in [2.05, 4.69) is 55.5 Å². The lowest BCUT2D eigenvalue weighted by molar-refractivity contribution is -0.115. The van der Waals surface area contributed by atoms with E-state index in [9.17, 15) is 4.79 Å². The number of amides is 1. The Hall–Kier alpha value is -3.19. The number of rotatable bonds is 6. The summed E-state index contributed by atoms with van der Waals surface area (Å²) in [7, 11) is 0. The van der Waals surface area contributed by atoms with Gasteiger partial charge in [-0.3, -0.25) is 9.78 Å². The van der Waals surface area contributed by atoms with E-state index in [4.69, 9.17) is 12.2 Å². The fraction of sp³-hybridized carbons (Fsp3) is 0.370. The van der Waals surface area contributed by atoms with Gasteiger partial charge in [0.1, 0.15) is 6.04 Å². The number of hydrogen-bond donors (Lipinski definition) is 2. The molecule has 2 aromatic heterocycles. The first-order chi connectivity index (χ1) is 16.6. The molecular formula is C27H31N5OS. The number of hydrogen-bond acceptors (Lipinski definition) is 3. The maximum atomic E-state index is 11.9. The maximum Gasteiger partial charge on any atom is 0.224 e. The van der Waals surface area contributed by atoms with Crippen molar-refractivity contribution in [3.63, 3.8) is 0 Å². The van der Waals surface area contributed by atoms with Gasteiger partial charge in [-0.05, 0) is 80.0 Å². The highest BCUT2D eigenvalue weighted by molar-refractivity contribution is 7.80. The van der Waals surface area contributed by atoms with Gasteiger partial charge in [-0.25, -0.2) is 0 Å². The van der Waals surface area contributed by atoms with Gasteiger partial charge in [0.25, 0.3) is 0 Å². The van der Waals surface area contributed by atoms with Crippen molar-refractivity contribution in [1.29, 1.82) is 0 Å². The monoisotopic (exact) mass is 473 g/mol. The van der Waals surface area contributed by atoms with E-state index in [0.717, 1.165) is 22.6 Å². The normalized spacial score (nSPS) is 20.5. The minimum absolute atomic E-state index is 0.0108. The van der Waals surface area contributed by atoms with Gasteiger partial charge < -0.3 is 20.1 Å². The molecule has 1 saturated carbocycles. The van der Waals surface area contributed by atoms with Gasteiger partial charge in [-0.2, -0.15) is 0 Å². The molecule has 2 atom stereocenters. The van der Waals surface area contributed by atoms with Crippen molar-refractivity contribution < 1.29 is 4.79 Å². The number of aromatic nitrogens is 2. The summed E-state index contributed by atoms with van der Waals surface area (Å²) < 4.78 is 2.46. The maximum absolute atomic E-state index is 11.9. The highest BCUT2D eigenvalue weighted by Crippen LogP contribution is 2.44. The number of anilines is 2. The van der Waals surface area contributed by atoms with E-state index in [1.54, 1.807) is 0 Å². The summed E-state index contributed by atoms with van der Waals surface area (Å²) in [6.45, 7) is 3.88. The average Bonchev–Trinajstić information content (AvgIpc) is 3.60. The van der Waals surface area contributed by atoms with Crippen molar-refractivity contribution in [2.75, 3.05) is 10.2 Å². The third-order valence-electron chi connectivity index (χ3n) is 7.01. The third-order valence-corrected chi connectivity index (χ3v) is 7.33. The fourth-order valence-electron chi connectivity index (χ4n) is 5.28. The van der Waals surface area contributed by atoms with E-state index in [1.165, 1.54) is 31.4 Å². The number of pyridine rings is 1. The van der Waals surface area contributed by atoms with Crippen molar-refractivity contribution in [2.45, 2.75) is 64.1 Å². The summed E-state index contributed by atoms with van der Waals surface area (Å²) >= 11 is 5.90. The molecule has 1 saturated heterocycles. The van der Waals surface area contributed by atoms with Crippen molar-refractivity contribution in [3.8, 4) is 0 Å². The first kappa shape index (κ1) is 22.6. The Balaban J connectivity index is 1.57. The fourth-order valence-corrected chi connectivity index (χ4v) is 5.63. The van der Waals surface area contributed by atoms with Gasteiger partial charge in [-0.15, -0.1) is 0 Å². The zero-order valence-electron chi connectivity index (χ0n) is 19.7. The summed E-state index contributed by atoms with van der Waals surface area (Å²) in [5.74, 6) is 0.0108. The molecule has 2 unspecified atom stereocenters. The lowest BCUT2D eigenvalue weighted by Gasteiger charge is -2.30. The third kappa shape index (κ3) is 4.20. The van der Waals surface area contributed by atoms with E-state index in [1.807, 2.05) is 44.3 Å². The standard InChI is InChI=1S/C27H31N5OS/c1-3-24(33)29-21-14-13-20(17-18(21)2)32-26(23-12-8-16-31(23)19-9-4-5-10-19)25(30-27(32)34)22-11-6-7-15-28-22/h6-8,11-17,19,25-26H,3-5,9-10H2,1-2H3,(H,29,33)(H,30,34). The van der Waals surface area contributed by atoms with Gasteiger partial charge in [-0.1, -0.05) is 25.8 Å². The molecule has 7 heteroatoms. The van der Waals surface area contributed by atoms with Crippen LogP contribution in [-0.2, 0) is 4.79 Å². The molecule has 1 aliphatic carbocycles. The van der Waals surface area contributed by atoms with Crippen LogP contribution in [0.1, 0.15) is 74.1 Å². The minimum atomic E-state index is -0.0662. The average molecular weight is 474 g/mol. The zero-order valence-corrected chi connectivity index (χ0v) is 20.5. The first-order valence-corrected chi connectivity index (χ1v) is 12.6. The topological polar surface area (TPSA) is 62.2 Å². The Morgan fingerprint density at radius 2 is 2.00 bits per heavy atom. The van der Waals surface area contributed by atoms with Crippen LogP contribution in [0, 0.1) is 6.92 Å². The summed E-state index contributed by atoms with van der Waals surface area (Å²) in [6, 6.07) is 17.0. The molecule has 176 valence electrons. The highest BCUT2D eigenvalue weighted by Gasteiger charge is 2.42. The summed E-state index contributed by atoms with van der Waals surface area (Å²) in [5.41, 5.74) is 5.07. The Morgan fingerprint density at radius 3 is 2.71 bits per heavy atom. The van der Waals surface area contributed by atoms with E-state index in [0.29, 0.717) is 17.6 Å². The molecule has 1 aromatic carbocycles. The largest absolute Gasteiger partial charge is 0.351 e. The molecule has 1 aliphatic heterocycles. The second kappa shape index (κ2) is 9.58. The molecule has 3 aromatic rings. The van der Waals surface area contributed by atoms with Crippen LogP contribution in [0.4, 0.5) is 11.4 Å². The predicted octanol–water partition coefficient (Wildman–Crippen LogP) is 5.83. The number of aryl methyl sites for hydroxylation is 1. The number of carbonyl (C=O) groups is 1. The Labute approximate surface area is 206 Å². The van der Waals surface area contributed by atoms with E-state index < -0.39 is 0 Å². The predicted molar refractivity (Wildman–Crippen MR) is 140 cm³/mol. The molecule has 0 bridgehead atoms. The molecule has 3 heterocycles. The van der Waals surface area contributed by atoms with Crippen LogP contribution in [0.5, 0.6) is 0 Å². The molecule has 34 heavy (non-hydrogen) atoms. The molecule has 0 spiro atoms. The van der Waals surface area contributed by atoms with Crippen molar-refractivity contribution >= 4 is 34.6 Å². The van der Waals surface area contributed by atoms with Crippen LogP contribution in [0.2, 0.25) is 0 Å². The van der Waals surface area contributed by atoms with Crippen LogP contribution >= 0.6 is 12.2 Å². The molecule has 2 N–H and O–H groups in total. The second-order valence-corrected chi connectivity index (χ2v) is 9.56. The van der Waals surface area contributed by atoms with Gasteiger partial charge >= 0.3 is 0 Å². The van der Waals surface area contributed by atoms with Crippen LogP contribution < -0.4 is 15.5 Å².